The van der Waals surface area contributed by atoms with Crippen molar-refractivity contribution in [3.63, 3.8) is 0 Å². The zero-order valence-electron chi connectivity index (χ0n) is 8.72. The van der Waals surface area contributed by atoms with Gasteiger partial charge in [-0.25, -0.2) is 0 Å². The second kappa shape index (κ2) is 3.83. The molecule has 4 heteroatoms. The lowest BCUT2D eigenvalue weighted by molar-refractivity contribution is 0.415. The highest BCUT2D eigenvalue weighted by Gasteiger charge is 2.34. The van der Waals surface area contributed by atoms with Gasteiger partial charge >= 0.3 is 0 Å². The molecular weight excluding hydrogens is 181 g/mol. The van der Waals surface area contributed by atoms with E-state index in [1.807, 2.05) is 4.90 Å². The first-order valence-electron chi connectivity index (χ1n) is 4.75. The molecule has 1 aliphatic heterocycles. The van der Waals surface area contributed by atoms with E-state index >= 15 is 0 Å². The number of hydrogen-bond donors (Lipinski definition) is 2. The molecule has 1 fully saturated rings. The van der Waals surface area contributed by atoms with E-state index in [4.69, 9.17) is 11.1 Å². The number of nitrogens with zero attached hydrogens (tertiary/aromatic N) is 1. The molecule has 0 radical (unpaired) electrons. The lowest BCUT2D eigenvalue weighted by atomic mass is 9.94. The Morgan fingerprint density at radius 2 is 2.23 bits per heavy atom. The molecule has 0 bridgehead atoms. The standard InChI is InChI=1S/C9H20N3P/c1-9(2,13-3)7-4-5-12(6-7)8(10)11/h7,13H,4-6H2,1-3H3,(H3,10,11). The number of hydrogen-bond acceptors (Lipinski definition) is 1. The summed E-state index contributed by atoms with van der Waals surface area (Å²) in [6.07, 6.45) is 1.19. The molecule has 0 aromatic carbocycles. The maximum atomic E-state index is 7.35. The molecule has 3 N–H and O–H groups in total. The van der Waals surface area contributed by atoms with Crippen molar-refractivity contribution < 1.29 is 0 Å². The van der Waals surface area contributed by atoms with Gasteiger partial charge in [0.05, 0.1) is 0 Å². The third kappa shape index (κ3) is 2.34. The predicted octanol–water partition coefficient (Wildman–Crippen LogP) is 1.29. The van der Waals surface area contributed by atoms with Crippen LogP contribution in [0.15, 0.2) is 0 Å². The second-order valence-electron chi connectivity index (χ2n) is 4.29. The molecule has 2 unspecified atom stereocenters. The quantitative estimate of drug-likeness (QED) is 0.402. The van der Waals surface area contributed by atoms with Crippen molar-refractivity contribution in [2.75, 3.05) is 19.8 Å². The fourth-order valence-corrected chi connectivity index (χ4v) is 2.42. The van der Waals surface area contributed by atoms with Crippen LogP contribution in [0.3, 0.4) is 0 Å². The summed E-state index contributed by atoms with van der Waals surface area (Å²) in [5, 5.41) is 7.77. The SMILES string of the molecule is CPC(C)(C)C1CCN(C(=N)N)C1. The first-order valence-corrected chi connectivity index (χ1v) is 6.25. The fraction of sp³-hybridized carbons (Fsp3) is 0.889. The van der Waals surface area contributed by atoms with Crippen LogP contribution in [0.1, 0.15) is 20.3 Å². The van der Waals surface area contributed by atoms with E-state index in [9.17, 15) is 0 Å². The molecule has 1 rings (SSSR count). The molecule has 0 aromatic heterocycles. The summed E-state index contributed by atoms with van der Waals surface area (Å²) in [4.78, 5) is 1.98. The van der Waals surface area contributed by atoms with Gasteiger partial charge in [-0.2, -0.15) is 0 Å². The normalized spacial score (nSPS) is 24.5. The second-order valence-corrected chi connectivity index (χ2v) is 6.08. The van der Waals surface area contributed by atoms with E-state index in [0.29, 0.717) is 11.1 Å². The summed E-state index contributed by atoms with van der Waals surface area (Å²) >= 11 is 0. The van der Waals surface area contributed by atoms with Crippen molar-refractivity contribution in [3.8, 4) is 0 Å². The number of likely N-dealkylation sites (tertiary alicyclic amines) is 1. The van der Waals surface area contributed by atoms with Gasteiger partial charge < -0.3 is 10.6 Å². The third-order valence-electron chi connectivity index (χ3n) is 3.19. The van der Waals surface area contributed by atoms with Gasteiger partial charge in [-0.1, -0.05) is 13.8 Å². The molecule has 76 valence electrons. The maximum Gasteiger partial charge on any atom is 0.188 e. The average molecular weight is 201 g/mol. The molecule has 1 saturated heterocycles. The summed E-state index contributed by atoms with van der Waals surface area (Å²) < 4.78 is 0. The average Bonchev–Trinajstić information content (AvgIpc) is 2.52. The van der Waals surface area contributed by atoms with Crippen molar-refractivity contribution in [1.82, 2.24) is 4.90 Å². The molecule has 1 heterocycles. The molecular formula is C9H20N3P. The predicted molar refractivity (Wildman–Crippen MR) is 59.9 cm³/mol. The molecule has 1 aliphatic rings. The zero-order chi connectivity index (χ0) is 10.1. The Hall–Kier alpha value is -0.300. The van der Waals surface area contributed by atoms with Crippen LogP contribution in [0.25, 0.3) is 0 Å². The fourth-order valence-electron chi connectivity index (χ4n) is 1.77. The molecule has 2 atom stereocenters. The van der Waals surface area contributed by atoms with Gasteiger partial charge in [0.15, 0.2) is 5.96 Å². The van der Waals surface area contributed by atoms with Crippen LogP contribution < -0.4 is 5.73 Å². The van der Waals surface area contributed by atoms with Gasteiger partial charge in [-0.3, -0.25) is 5.41 Å². The minimum Gasteiger partial charge on any atom is -0.370 e. The molecule has 0 amide bonds. The van der Waals surface area contributed by atoms with E-state index in [-0.39, 0.29) is 5.96 Å². The third-order valence-corrected chi connectivity index (χ3v) is 4.89. The lowest BCUT2D eigenvalue weighted by Crippen LogP contribution is -2.36. The highest BCUT2D eigenvalue weighted by molar-refractivity contribution is 7.39. The highest BCUT2D eigenvalue weighted by atomic mass is 31.1. The van der Waals surface area contributed by atoms with Gasteiger partial charge in [0.2, 0.25) is 0 Å². The van der Waals surface area contributed by atoms with Gasteiger partial charge in [0.1, 0.15) is 0 Å². The summed E-state index contributed by atoms with van der Waals surface area (Å²) in [6, 6.07) is 0. The van der Waals surface area contributed by atoms with Gasteiger partial charge in [-0.05, 0) is 24.2 Å². The highest BCUT2D eigenvalue weighted by Crippen LogP contribution is 2.39. The number of rotatable bonds is 2. The monoisotopic (exact) mass is 201 g/mol. The van der Waals surface area contributed by atoms with Gasteiger partial charge in [-0.15, -0.1) is 8.58 Å². The topological polar surface area (TPSA) is 53.1 Å². The van der Waals surface area contributed by atoms with Crippen LogP contribution >= 0.6 is 8.58 Å². The first-order chi connectivity index (χ1) is 5.97. The van der Waals surface area contributed by atoms with Crippen LogP contribution in [0, 0.1) is 11.3 Å². The first kappa shape index (κ1) is 10.8. The molecule has 0 spiro atoms. The van der Waals surface area contributed by atoms with Gasteiger partial charge in [0, 0.05) is 13.1 Å². The van der Waals surface area contributed by atoms with Crippen molar-refractivity contribution in [2.24, 2.45) is 11.7 Å². The van der Waals surface area contributed by atoms with Crippen LogP contribution in [0.2, 0.25) is 0 Å². The molecule has 0 saturated carbocycles. The Morgan fingerprint density at radius 3 is 2.62 bits per heavy atom. The Morgan fingerprint density at radius 1 is 1.62 bits per heavy atom. The Labute approximate surface area is 82.4 Å². The van der Waals surface area contributed by atoms with E-state index in [1.165, 1.54) is 6.42 Å². The Bertz CT molecular complexity index is 203. The van der Waals surface area contributed by atoms with Crippen molar-refractivity contribution >= 4 is 14.5 Å². The van der Waals surface area contributed by atoms with Gasteiger partial charge in [0.25, 0.3) is 0 Å². The van der Waals surface area contributed by atoms with Crippen molar-refractivity contribution in [3.05, 3.63) is 0 Å². The maximum absolute atomic E-state index is 7.35. The molecule has 0 aromatic rings. The number of guanidine groups is 1. The van der Waals surface area contributed by atoms with Crippen molar-refractivity contribution in [2.45, 2.75) is 25.4 Å². The van der Waals surface area contributed by atoms with Crippen LogP contribution in [0.4, 0.5) is 0 Å². The smallest absolute Gasteiger partial charge is 0.188 e. The Balaban J connectivity index is 2.54. The minimum atomic E-state index is 0.234. The summed E-state index contributed by atoms with van der Waals surface area (Å²) in [5.41, 5.74) is 5.46. The number of nitrogens with two attached hydrogens (primary N) is 1. The number of nitrogens with one attached hydrogen (secondary N) is 1. The molecule has 3 nitrogen and oxygen atoms in total. The van der Waals surface area contributed by atoms with E-state index in [0.717, 1.165) is 21.7 Å². The largest absolute Gasteiger partial charge is 0.370 e. The van der Waals surface area contributed by atoms with Crippen LogP contribution in [0.5, 0.6) is 0 Å². The Kier molecular flexibility index (Phi) is 3.18. The summed E-state index contributed by atoms with van der Waals surface area (Å²) in [5.74, 6) is 0.942. The van der Waals surface area contributed by atoms with E-state index in [1.54, 1.807) is 0 Å². The van der Waals surface area contributed by atoms with E-state index < -0.39 is 0 Å². The zero-order valence-corrected chi connectivity index (χ0v) is 9.72. The molecule has 0 aliphatic carbocycles. The molecule has 13 heavy (non-hydrogen) atoms. The lowest BCUT2D eigenvalue weighted by Gasteiger charge is -2.30. The van der Waals surface area contributed by atoms with Crippen LogP contribution in [-0.4, -0.2) is 35.8 Å². The van der Waals surface area contributed by atoms with Crippen LogP contribution in [-0.2, 0) is 0 Å². The van der Waals surface area contributed by atoms with E-state index in [2.05, 4.69) is 20.5 Å². The summed E-state index contributed by atoms with van der Waals surface area (Å²) in [6.45, 7) is 8.84. The minimum absolute atomic E-state index is 0.234. The summed E-state index contributed by atoms with van der Waals surface area (Å²) in [7, 11) is 0.964. The van der Waals surface area contributed by atoms with Crippen molar-refractivity contribution in [1.29, 1.82) is 5.41 Å².